The SMILES string of the molecule is CC(C)CCNC(=O)C1CCN(S(=O)(=O)c2ccc(-c3ccn[nH]3)o2)CC1. The number of carbonyl (C=O) groups is 1. The molecule has 1 amide bonds. The molecule has 3 rings (SSSR count). The molecule has 0 unspecified atom stereocenters. The smallest absolute Gasteiger partial charge is 0.276 e. The third-order valence-corrected chi connectivity index (χ3v) is 6.56. The van der Waals surface area contributed by atoms with Crippen molar-refractivity contribution < 1.29 is 17.6 Å². The monoisotopic (exact) mass is 394 g/mol. The number of aromatic amines is 1. The molecule has 148 valence electrons. The number of carbonyl (C=O) groups excluding carboxylic acids is 1. The van der Waals surface area contributed by atoms with Crippen molar-refractivity contribution in [3.63, 3.8) is 0 Å². The van der Waals surface area contributed by atoms with E-state index in [9.17, 15) is 13.2 Å². The lowest BCUT2D eigenvalue weighted by atomic mass is 9.97. The molecule has 2 N–H and O–H groups in total. The van der Waals surface area contributed by atoms with Crippen LogP contribution in [0.1, 0.15) is 33.1 Å². The Morgan fingerprint density at radius 1 is 1.33 bits per heavy atom. The van der Waals surface area contributed by atoms with E-state index in [1.807, 2.05) is 0 Å². The van der Waals surface area contributed by atoms with Gasteiger partial charge in [-0.25, -0.2) is 8.42 Å². The molecule has 27 heavy (non-hydrogen) atoms. The maximum absolute atomic E-state index is 12.8. The highest BCUT2D eigenvalue weighted by molar-refractivity contribution is 7.89. The van der Waals surface area contributed by atoms with E-state index < -0.39 is 10.0 Å². The Balaban J connectivity index is 1.58. The minimum atomic E-state index is -3.71. The fraction of sp³-hybridized carbons (Fsp3) is 0.556. The highest BCUT2D eigenvalue weighted by Crippen LogP contribution is 2.28. The summed E-state index contributed by atoms with van der Waals surface area (Å²) >= 11 is 0. The third-order valence-electron chi connectivity index (χ3n) is 4.79. The molecule has 2 aromatic heterocycles. The Bertz CT molecular complexity index is 850. The van der Waals surface area contributed by atoms with Crippen LogP contribution in [0, 0.1) is 11.8 Å². The van der Waals surface area contributed by atoms with Gasteiger partial charge in [-0.1, -0.05) is 13.8 Å². The Labute approximate surface area is 159 Å². The number of piperidine rings is 1. The van der Waals surface area contributed by atoms with E-state index in [1.165, 1.54) is 10.4 Å². The van der Waals surface area contributed by atoms with Crippen LogP contribution in [0.4, 0.5) is 0 Å². The molecule has 1 fully saturated rings. The number of nitrogens with zero attached hydrogens (tertiary/aromatic N) is 2. The lowest BCUT2D eigenvalue weighted by Gasteiger charge is -2.29. The summed E-state index contributed by atoms with van der Waals surface area (Å²) in [6.45, 7) is 5.51. The lowest BCUT2D eigenvalue weighted by Crippen LogP contribution is -2.43. The van der Waals surface area contributed by atoms with Crippen molar-refractivity contribution in [1.82, 2.24) is 19.8 Å². The molecule has 0 atom stereocenters. The first kappa shape index (κ1) is 19.6. The fourth-order valence-corrected chi connectivity index (χ4v) is 4.49. The van der Waals surface area contributed by atoms with Gasteiger partial charge in [-0.3, -0.25) is 9.89 Å². The quantitative estimate of drug-likeness (QED) is 0.749. The van der Waals surface area contributed by atoms with Crippen LogP contribution in [-0.4, -0.2) is 48.5 Å². The molecule has 1 aliphatic rings. The van der Waals surface area contributed by atoms with Crippen LogP contribution in [0.15, 0.2) is 33.9 Å². The average Bonchev–Trinajstić information content (AvgIpc) is 3.33. The van der Waals surface area contributed by atoms with Gasteiger partial charge in [-0.2, -0.15) is 9.40 Å². The van der Waals surface area contributed by atoms with E-state index in [1.54, 1.807) is 18.3 Å². The van der Waals surface area contributed by atoms with Gasteiger partial charge in [0.15, 0.2) is 5.76 Å². The molecule has 1 saturated heterocycles. The van der Waals surface area contributed by atoms with Crippen LogP contribution in [-0.2, 0) is 14.8 Å². The molecule has 0 aliphatic carbocycles. The molecule has 1 aliphatic heterocycles. The summed E-state index contributed by atoms with van der Waals surface area (Å²) in [5.41, 5.74) is 0.619. The number of nitrogens with one attached hydrogen (secondary N) is 2. The number of furan rings is 1. The van der Waals surface area contributed by atoms with Gasteiger partial charge in [-0.05, 0) is 43.4 Å². The predicted octanol–water partition coefficient (Wildman–Crippen LogP) is 2.23. The number of rotatable bonds is 7. The number of aromatic nitrogens is 2. The van der Waals surface area contributed by atoms with Crippen molar-refractivity contribution in [2.75, 3.05) is 19.6 Å². The standard InChI is InChI=1S/C18H26N4O4S/c1-13(2)5-9-19-18(23)14-7-11-22(12-8-14)27(24,25)17-4-3-16(26-17)15-6-10-20-21-15/h3-4,6,10,13-14H,5,7-9,11-12H2,1-2H3,(H,19,23)(H,20,21). The fourth-order valence-electron chi connectivity index (χ4n) is 3.11. The first-order chi connectivity index (χ1) is 12.9. The number of hydrogen-bond donors (Lipinski definition) is 2. The lowest BCUT2D eigenvalue weighted by molar-refractivity contribution is -0.126. The van der Waals surface area contributed by atoms with Crippen molar-refractivity contribution >= 4 is 15.9 Å². The van der Waals surface area contributed by atoms with Crippen molar-refractivity contribution in [3.8, 4) is 11.5 Å². The van der Waals surface area contributed by atoms with Crippen LogP contribution in [0.5, 0.6) is 0 Å². The average molecular weight is 394 g/mol. The van der Waals surface area contributed by atoms with E-state index in [0.29, 0.717) is 49.8 Å². The van der Waals surface area contributed by atoms with E-state index in [2.05, 4.69) is 29.4 Å². The zero-order valence-electron chi connectivity index (χ0n) is 15.6. The van der Waals surface area contributed by atoms with Crippen LogP contribution < -0.4 is 5.32 Å². The summed E-state index contributed by atoms with van der Waals surface area (Å²) in [5.74, 6) is 0.843. The Morgan fingerprint density at radius 3 is 2.70 bits per heavy atom. The maximum atomic E-state index is 12.8. The van der Waals surface area contributed by atoms with Gasteiger partial charge < -0.3 is 9.73 Å². The molecule has 3 heterocycles. The number of amides is 1. The van der Waals surface area contributed by atoms with Crippen molar-refractivity contribution in [2.24, 2.45) is 11.8 Å². The normalized spacial score (nSPS) is 16.7. The second-order valence-electron chi connectivity index (χ2n) is 7.24. The highest BCUT2D eigenvalue weighted by atomic mass is 32.2. The molecule has 8 nitrogen and oxygen atoms in total. The summed E-state index contributed by atoms with van der Waals surface area (Å²) in [7, 11) is -3.71. The molecule has 0 saturated carbocycles. The number of H-pyrrole nitrogens is 1. The van der Waals surface area contributed by atoms with Crippen molar-refractivity contribution in [1.29, 1.82) is 0 Å². The first-order valence-electron chi connectivity index (χ1n) is 9.25. The summed E-state index contributed by atoms with van der Waals surface area (Å²) in [6.07, 6.45) is 3.54. The Morgan fingerprint density at radius 2 is 2.07 bits per heavy atom. The third kappa shape index (κ3) is 4.59. The van der Waals surface area contributed by atoms with Gasteiger partial charge in [0.05, 0.1) is 0 Å². The minimum absolute atomic E-state index is 0.0206. The van der Waals surface area contributed by atoms with Crippen molar-refractivity contribution in [3.05, 3.63) is 24.4 Å². The van der Waals surface area contributed by atoms with Crippen LogP contribution in [0.3, 0.4) is 0 Å². The molecule has 0 spiro atoms. The van der Waals surface area contributed by atoms with Crippen LogP contribution in [0.2, 0.25) is 0 Å². The zero-order valence-corrected chi connectivity index (χ0v) is 16.5. The summed E-state index contributed by atoms with van der Waals surface area (Å²) in [6, 6.07) is 4.77. The predicted molar refractivity (Wildman–Crippen MR) is 100 cm³/mol. The highest BCUT2D eigenvalue weighted by Gasteiger charge is 2.33. The molecule has 2 aromatic rings. The molecule has 0 bridgehead atoms. The molecular formula is C18H26N4O4S. The largest absolute Gasteiger partial charge is 0.442 e. The van der Waals surface area contributed by atoms with E-state index in [0.717, 1.165) is 6.42 Å². The molecule has 9 heteroatoms. The summed E-state index contributed by atoms with van der Waals surface area (Å²) < 4.78 is 32.5. The molecule has 0 radical (unpaired) electrons. The second kappa shape index (κ2) is 8.26. The van der Waals surface area contributed by atoms with Gasteiger partial charge in [0, 0.05) is 31.7 Å². The summed E-state index contributed by atoms with van der Waals surface area (Å²) in [4.78, 5) is 12.2. The molecule has 0 aromatic carbocycles. The Kier molecular flexibility index (Phi) is 6.01. The van der Waals surface area contributed by atoms with Crippen LogP contribution in [0.25, 0.3) is 11.5 Å². The van der Waals surface area contributed by atoms with E-state index >= 15 is 0 Å². The van der Waals surface area contributed by atoms with E-state index in [-0.39, 0.29) is 16.9 Å². The minimum Gasteiger partial charge on any atom is -0.442 e. The first-order valence-corrected chi connectivity index (χ1v) is 10.7. The Hall–Kier alpha value is -2.13. The molecular weight excluding hydrogens is 368 g/mol. The van der Waals surface area contributed by atoms with Gasteiger partial charge in [-0.15, -0.1) is 0 Å². The second-order valence-corrected chi connectivity index (χ2v) is 9.11. The summed E-state index contributed by atoms with van der Waals surface area (Å²) in [5, 5.41) is 9.44. The van der Waals surface area contributed by atoms with E-state index in [4.69, 9.17) is 4.42 Å². The van der Waals surface area contributed by atoms with Gasteiger partial charge in [0.2, 0.25) is 11.0 Å². The van der Waals surface area contributed by atoms with Crippen LogP contribution >= 0.6 is 0 Å². The topological polar surface area (TPSA) is 108 Å². The van der Waals surface area contributed by atoms with Gasteiger partial charge in [0.25, 0.3) is 10.0 Å². The number of hydrogen-bond acceptors (Lipinski definition) is 5. The van der Waals surface area contributed by atoms with Gasteiger partial charge >= 0.3 is 0 Å². The van der Waals surface area contributed by atoms with Crippen molar-refractivity contribution in [2.45, 2.75) is 38.2 Å². The van der Waals surface area contributed by atoms with Gasteiger partial charge in [0.1, 0.15) is 5.69 Å². The zero-order chi connectivity index (χ0) is 19.4. The number of sulfonamides is 1. The maximum Gasteiger partial charge on any atom is 0.276 e.